The van der Waals surface area contributed by atoms with E-state index in [0.29, 0.717) is 51.3 Å². The van der Waals surface area contributed by atoms with Gasteiger partial charge in [0.05, 0.1) is 19.1 Å². The van der Waals surface area contributed by atoms with Crippen LogP contribution in [0, 0.1) is 5.92 Å². The number of likely N-dealkylation sites (tertiary alicyclic amines) is 1. The quantitative estimate of drug-likeness (QED) is 0.630. The summed E-state index contributed by atoms with van der Waals surface area (Å²) in [7, 11) is 0. The van der Waals surface area contributed by atoms with E-state index in [0.717, 1.165) is 4.47 Å². The Balaban J connectivity index is 1.44. The van der Waals surface area contributed by atoms with Gasteiger partial charge in [-0.25, -0.2) is 4.79 Å². The first-order valence-electron chi connectivity index (χ1n) is 10.4. The number of ether oxygens (including phenoxy) is 1. The van der Waals surface area contributed by atoms with Gasteiger partial charge in [0.1, 0.15) is 6.54 Å². The molecule has 1 N–H and O–H groups in total. The Morgan fingerprint density at radius 3 is 2.35 bits per heavy atom. The molecule has 1 aromatic rings. The van der Waals surface area contributed by atoms with E-state index in [-0.39, 0.29) is 42.8 Å². The molecule has 0 unspecified atom stereocenters. The highest BCUT2D eigenvalue weighted by Gasteiger charge is 2.32. The summed E-state index contributed by atoms with van der Waals surface area (Å²) in [5, 5.41) is 2.77. The second-order valence-corrected chi connectivity index (χ2v) is 8.50. The van der Waals surface area contributed by atoms with E-state index >= 15 is 0 Å². The number of carbonyl (C=O) groups excluding carboxylic acids is 4. The maximum atomic E-state index is 12.6. The zero-order valence-corrected chi connectivity index (χ0v) is 19.1. The molecular weight excluding hydrogens is 468 g/mol. The van der Waals surface area contributed by atoms with Crippen LogP contribution < -0.4 is 5.32 Å². The lowest BCUT2D eigenvalue weighted by molar-refractivity contribution is -0.151. The Morgan fingerprint density at radius 1 is 1.06 bits per heavy atom. The van der Waals surface area contributed by atoms with Gasteiger partial charge < -0.3 is 24.8 Å². The molecule has 0 spiro atoms. The average molecular weight is 495 g/mol. The molecule has 2 fully saturated rings. The molecule has 0 bridgehead atoms. The van der Waals surface area contributed by atoms with Gasteiger partial charge in [0.15, 0.2) is 0 Å². The van der Waals surface area contributed by atoms with Gasteiger partial charge in [0, 0.05) is 36.3 Å². The highest BCUT2D eigenvalue weighted by molar-refractivity contribution is 9.10. The summed E-state index contributed by atoms with van der Waals surface area (Å²) in [5.74, 6) is -0.767. The van der Waals surface area contributed by atoms with Gasteiger partial charge in [0.25, 0.3) is 0 Å². The van der Waals surface area contributed by atoms with Crippen LogP contribution in [0.4, 0.5) is 10.5 Å². The molecule has 2 aliphatic heterocycles. The van der Waals surface area contributed by atoms with Gasteiger partial charge in [0.2, 0.25) is 11.8 Å². The molecule has 0 aromatic heterocycles. The molecule has 168 valence electrons. The SMILES string of the molecule is CCOC(=O)C1CCN(C(=O)CN2CCN(C(=O)Nc3ccc(Br)cc3)CC2=O)CC1. The third-order valence-corrected chi connectivity index (χ3v) is 6.02. The first kappa shape index (κ1) is 23.1. The van der Waals surface area contributed by atoms with Crippen LogP contribution in [0.2, 0.25) is 0 Å². The Bertz CT molecular complexity index is 824. The zero-order chi connectivity index (χ0) is 22.4. The van der Waals surface area contributed by atoms with E-state index in [1.165, 1.54) is 9.80 Å². The van der Waals surface area contributed by atoms with E-state index in [9.17, 15) is 19.2 Å². The number of esters is 1. The lowest BCUT2D eigenvalue weighted by Crippen LogP contribution is -2.56. The van der Waals surface area contributed by atoms with Gasteiger partial charge in [-0.1, -0.05) is 15.9 Å². The van der Waals surface area contributed by atoms with Crippen LogP contribution in [0.15, 0.2) is 28.7 Å². The van der Waals surface area contributed by atoms with Gasteiger partial charge in [-0.3, -0.25) is 14.4 Å². The summed E-state index contributed by atoms with van der Waals surface area (Å²) in [5.41, 5.74) is 0.643. The number of amides is 4. The standard InChI is InChI=1S/C21H27BrN4O5/c1-2-31-20(29)15-7-9-24(10-8-15)18(27)13-25-11-12-26(14-19(25)28)21(30)23-17-5-3-16(22)4-6-17/h3-6,15H,2,7-14H2,1H3,(H,23,30). The highest BCUT2D eigenvalue weighted by atomic mass is 79.9. The first-order chi connectivity index (χ1) is 14.9. The number of hydrogen-bond donors (Lipinski definition) is 1. The number of piperazine rings is 1. The Hall–Kier alpha value is -2.62. The van der Waals surface area contributed by atoms with Crippen molar-refractivity contribution in [2.45, 2.75) is 19.8 Å². The molecule has 3 rings (SSSR count). The third-order valence-electron chi connectivity index (χ3n) is 5.50. The summed E-state index contributed by atoms with van der Waals surface area (Å²) in [6.07, 6.45) is 1.14. The molecule has 10 heteroatoms. The van der Waals surface area contributed by atoms with Crippen molar-refractivity contribution in [3.8, 4) is 0 Å². The highest BCUT2D eigenvalue weighted by Crippen LogP contribution is 2.19. The van der Waals surface area contributed by atoms with Crippen LogP contribution in [0.3, 0.4) is 0 Å². The number of nitrogens with one attached hydrogen (secondary N) is 1. The van der Waals surface area contributed by atoms with E-state index in [1.54, 1.807) is 24.0 Å². The molecule has 2 heterocycles. The number of nitrogens with zero attached hydrogens (tertiary/aromatic N) is 3. The fourth-order valence-electron chi connectivity index (χ4n) is 3.67. The molecule has 0 atom stereocenters. The topological polar surface area (TPSA) is 99.3 Å². The predicted octanol–water partition coefficient (Wildman–Crippen LogP) is 1.93. The molecule has 2 saturated heterocycles. The molecule has 31 heavy (non-hydrogen) atoms. The van der Waals surface area contributed by atoms with Gasteiger partial charge in [-0.2, -0.15) is 0 Å². The number of hydrogen-bond acceptors (Lipinski definition) is 5. The van der Waals surface area contributed by atoms with Crippen molar-refractivity contribution in [1.82, 2.24) is 14.7 Å². The number of piperidine rings is 1. The van der Waals surface area contributed by atoms with Crippen molar-refractivity contribution in [2.24, 2.45) is 5.92 Å². The maximum Gasteiger partial charge on any atom is 0.322 e. The minimum atomic E-state index is -0.345. The summed E-state index contributed by atoms with van der Waals surface area (Å²) < 4.78 is 5.96. The number of benzene rings is 1. The fourth-order valence-corrected chi connectivity index (χ4v) is 3.94. The van der Waals surface area contributed by atoms with Crippen LogP contribution in [-0.2, 0) is 19.1 Å². The minimum absolute atomic E-state index is 0.00885. The maximum absolute atomic E-state index is 12.6. The number of halogens is 1. The van der Waals surface area contributed by atoms with Crippen LogP contribution in [0.1, 0.15) is 19.8 Å². The smallest absolute Gasteiger partial charge is 0.322 e. The summed E-state index contributed by atoms with van der Waals surface area (Å²) in [6.45, 7) is 3.67. The van der Waals surface area contributed by atoms with Crippen LogP contribution >= 0.6 is 15.9 Å². The van der Waals surface area contributed by atoms with Crippen LogP contribution in [0.25, 0.3) is 0 Å². The zero-order valence-electron chi connectivity index (χ0n) is 17.5. The summed E-state index contributed by atoms with van der Waals surface area (Å²) >= 11 is 3.34. The second-order valence-electron chi connectivity index (χ2n) is 7.58. The van der Waals surface area contributed by atoms with Crippen LogP contribution in [-0.4, -0.2) is 84.4 Å². The van der Waals surface area contributed by atoms with Crippen molar-refractivity contribution in [3.63, 3.8) is 0 Å². The lowest BCUT2D eigenvalue weighted by atomic mass is 9.97. The first-order valence-corrected chi connectivity index (χ1v) is 11.2. The molecule has 2 aliphatic rings. The molecule has 0 radical (unpaired) electrons. The molecule has 0 aliphatic carbocycles. The van der Waals surface area contributed by atoms with Crippen molar-refractivity contribution in [3.05, 3.63) is 28.7 Å². The van der Waals surface area contributed by atoms with Gasteiger partial charge >= 0.3 is 12.0 Å². The molecule has 9 nitrogen and oxygen atoms in total. The number of carbonyl (C=O) groups is 4. The van der Waals surface area contributed by atoms with Gasteiger partial charge in [-0.15, -0.1) is 0 Å². The number of rotatable bonds is 5. The number of anilines is 1. The van der Waals surface area contributed by atoms with Gasteiger partial charge in [-0.05, 0) is 44.0 Å². The second kappa shape index (κ2) is 10.6. The van der Waals surface area contributed by atoms with Crippen molar-refractivity contribution < 1.29 is 23.9 Å². The molecular formula is C21H27BrN4O5. The fraction of sp³-hybridized carbons (Fsp3) is 0.524. The lowest BCUT2D eigenvalue weighted by Gasteiger charge is -2.36. The van der Waals surface area contributed by atoms with Crippen molar-refractivity contribution in [1.29, 1.82) is 0 Å². The van der Waals surface area contributed by atoms with E-state index in [2.05, 4.69) is 21.2 Å². The van der Waals surface area contributed by atoms with Crippen LogP contribution in [0.5, 0.6) is 0 Å². The normalized spacial score (nSPS) is 17.5. The Labute approximate surface area is 189 Å². The summed E-state index contributed by atoms with van der Waals surface area (Å²) in [4.78, 5) is 54.0. The largest absolute Gasteiger partial charge is 0.466 e. The van der Waals surface area contributed by atoms with E-state index in [1.807, 2.05) is 12.1 Å². The van der Waals surface area contributed by atoms with E-state index in [4.69, 9.17) is 4.74 Å². The Kier molecular flexibility index (Phi) is 7.89. The molecule has 0 saturated carbocycles. The molecule has 4 amide bonds. The summed E-state index contributed by atoms with van der Waals surface area (Å²) in [6, 6.07) is 6.83. The third kappa shape index (κ3) is 6.19. The number of urea groups is 1. The van der Waals surface area contributed by atoms with Crippen molar-refractivity contribution >= 4 is 45.4 Å². The molecule has 1 aromatic carbocycles. The van der Waals surface area contributed by atoms with E-state index < -0.39 is 0 Å². The monoisotopic (exact) mass is 494 g/mol. The average Bonchev–Trinajstić information content (AvgIpc) is 2.77. The minimum Gasteiger partial charge on any atom is -0.466 e. The predicted molar refractivity (Wildman–Crippen MR) is 117 cm³/mol. The Morgan fingerprint density at radius 2 is 1.74 bits per heavy atom. The van der Waals surface area contributed by atoms with Crippen molar-refractivity contribution in [2.75, 3.05) is 51.2 Å².